The molecule has 1 saturated heterocycles. The zero-order valence-electron chi connectivity index (χ0n) is 18.0. The lowest BCUT2D eigenvalue weighted by atomic mass is 9.94. The Balaban J connectivity index is 1.64. The number of ketones is 1. The van der Waals surface area contributed by atoms with Crippen molar-refractivity contribution >= 4 is 33.4 Å². The van der Waals surface area contributed by atoms with Crippen LogP contribution in [0.1, 0.15) is 35.2 Å². The highest BCUT2D eigenvalue weighted by molar-refractivity contribution is 9.10. The van der Waals surface area contributed by atoms with Gasteiger partial charge < -0.3 is 14.7 Å². The lowest BCUT2D eigenvalue weighted by Crippen LogP contribution is -2.29. The number of Topliss-reactive ketones (excluding diaryl/α,β-unsaturated/α-hetero) is 1. The largest absolute Gasteiger partial charge is 0.507 e. The molecule has 1 N–H and O–H groups in total. The summed E-state index contributed by atoms with van der Waals surface area (Å²) in [6.45, 7) is 2.25. The highest BCUT2D eigenvalue weighted by Crippen LogP contribution is 2.41. The van der Waals surface area contributed by atoms with Crippen LogP contribution in [0.25, 0.3) is 5.76 Å². The van der Waals surface area contributed by atoms with Gasteiger partial charge in [-0.15, -0.1) is 0 Å². The van der Waals surface area contributed by atoms with Crippen molar-refractivity contribution in [2.75, 3.05) is 0 Å². The second-order valence-corrected chi connectivity index (χ2v) is 9.34. The number of ether oxygens (including phenoxy) is 1. The summed E-state index contributed by atoms with van der Waals surface area (Å²) in [5.41, 5.74) is 3.23. The van der Waals surface area contributed by atoms with Gasteiger partial charge in [-0.3, -0.25) is 9.59 Å². The Morgan fingerprint density at radius 3 is 2.61 bits per heavy atom. The summed E-state index contributed by atoms with van der Waals surface area (Å²) in [7, 11) is 0. The lowest BCUT2D eigenvalue weighted by Gasteiger charge is -2.25. The highest BCUT2D eigenvalue weighted by atomic mass is 79.9. The van der Waals surface area contributed by atoms with E-state index in [9.17, 15) is 14.7 Å². The second-order valence-electron chi connectivity index (χ2n) is 8.42. The monoisotopic (exact) mass is 503 g/mol. The summed E-state index contributed by atoms with van der Waals surface area (Å²) in [5.74, 6) is -0.689. The third-order valence-electron chi connectivity index (χ3n) is 6.07. The van der Waals surface area contributed by atoms with E-state index in [4.69, 9.17) is 4.74 Å². The minimum atomic E-state index is -0.703. The molecule has 0 saturated carbocycles. The Morgan fingerprint density at radius 2 is 1.85 bits per heavy atom. The van der Waals surface area contributed by atoms with Crippen LogP contribution in [0.15, 0.2) is 82.8 Å². The van der Waals surface area contributed by atoms with E-state index in [1.165, 1.54) is 4.90 Å². The van der Waals surface area contributed by atoms with Crippen molar-refractivity contribution < 1.29 is 19.4 Å². The molecule has 5 nitrogen and oxygen atoms in total. The van der Waals surface area contributed by atoms with Crippen LogP contribution in [0.4, 0.5) is 0 Å². The van der Waals surface area contributed by atoms with Gasteiger partial charge in [0.05, 0.1) is 11.6 Å². The number of halogens is 1. The molecule has 5 rings (SSSR count). The number of rotatable bonds is 4. The number of carbonyl (C=O) groups excluding carboxylic acids is 2. The number of amides is 1. The van der Waals surface area contributed by atoms with Crippen molar-refractivity contribution in [2.24, 2.45) is 0 Å². The van der Waals surface area contributed by atoms with Crippen molar-refractivity contribution in [3.05, 3.63) is 105 Å². The van der Waals surface area contributed by atoms with Gasteiger partial charge in [0.2, 0.25) is 0 Å². The quantitative estimate of drug-likeness (QED) is 0.294. The fourth-order valence-corrected chi connectivity index (χ4v) is 4.99. The van der Waals surface area contributed by atoms with Gasteiger partial charge in [-0.25, -0.2) is 0 Å². The number of aliphatic hydroxyl groups excluding tert-OH is 1. The molecule has 3 aromatic rings. The van der Waals surface area contributed by atoms with Crippen LogP contribution in [-0.2, 0) is 22.6 Å². The average Bonchev–Trinajstić information content (AvgIpc) is 3.30. The first-order valence-electron chi connectivity index (χ1n) is 10.8. The Morgan fingerprint density at radius 1 is 1.06 bits per heavy atom. The van der Waals surface area contributed by atoms with Crippen LogP contribution in [0.5, 0.6) is 5.75 Å². The maximum Gasteiger partial charge on any atom is 0.295 e. The number of fused-ring (bicyclic) bond motifs is 1. The fourth-order valence-electron chi connectivity index (χ4n) is 4.57. The SMILES string of the molecule is C[C@@H]1Cc2cc(C(O)=C3C(=O)C(=O)N(Cc4ccccc4)[C@H]3c3cccc(Br)c3)ccc2O1. The predicted molar refractivity (Wildman–Crippen MR) is 129 cm³/mol. The lowest BCUT2D eigenvalue weighted by molar-refractivity contribution is -0.140. The summed E-state index contributed by atoms with van der Waals surface area (Å²) in [5, 5.41) is 11.3. The van der Waals surface area contributed by atoms with Crippen molar-refractivity contribution in [1.29, 1.82) is 0 Å². The molecule has 0 unspecified atom stereocenters. The number of nitrogens with zero attached hydrogens (tertiary/aromatic N) is 1. The third kappa shape index (κ3) is 3.95. The molecule has 3 aromatic carbocycles. The second kappa shape index (κ2) is 8.52. The van der Waals surface area contributed by atoms with Crippen molar-refractivity contribution in [3.63, 3.8) is 0 Å². The van der Waals surface area contributed by atoms with Gasteiger partial charge in [0.1, 0.15) is 17.6 Å². The molecule has 166 valence electrons. The molecule has 0 aromatic heterocycles. The maximum atomic E-state index is 13.2. The smallest absolute Gasteiger partial charge is 0.295 e. The minimum Gasteiger partial charge on any atom is -0.507 e. The number of likely N-dealkylation sites (tertiary alicyclic amines) is 1. The first kappa shape index (κ1) is 21.5. The van der Waals surface area contributed by atoms with Gasteiger partial charge in [-0.05, 0) is 53.9 Å². The van der Waals surface area contributed by atoms with Crippen LogP contribution in [-0.4, -0.2) is 27.8 Å². The first-order valence-corrected chi connectivity index (χ1v) is 11.6. The van der Waals surface area contributed by atoms with Gasteiger partial charge in [0, 0.05) is 23.0 Å². The molecule has 6 heteroatoms. The Bertz CT molecular complexity index is 1280. The summed E-state index contributed by atoms with van der Waals surface area (Å²) < 4.78 is 6.59. The zero-order chi connectivity index (χ0) is 23.1. The summed E-state index contributed by atoms with van der Waals surface area (Å²) in [6.07, 6.45) is 0.795. The molecule has 0 radical (unpaired) electrons. The molecule has 2 heterocycles. The molecule has 0 spiro atoms. The van der Waals surface area contributed by atoms with Gasteiger partial charge in [0.25, 0.3) is 11.7 Å². The van der Waals surface area contributed by atoms with Crippen LogP contribution in [0.2, 0.25) is 0 Å². The van der Waals surface area contributed by atoms with Crippen LogP contribution in [0.3, 0.4) is 0 Å². The first-order chi connectivity index (χ1) is 15.9. The van der Waals surface area contributed by atoms with E-state index in [-0.39, 0.29) is 24.0 Å². The van der Waals surface area contributed by atoms with E-state index in [1.54, 1.807) is 6.07 Å². The molecule has 2 atom stereocenters. The molecule has 2 aliphatic rings. The maximum absolute atomic E-state index is 13.2. The molecular weight excluding hydrogens is 482 g/mol. The summed E-state index contributed by atoms with van der Waals surface area (Å²) in [6, 6.07) is 21.7. The van der Waals surface area contributed by atoms with Gasteiger partial charge in [0.15, 0.2) is 0 Å². The van der Waals surface area contributed by atoms with Crippen LogP contribution < -0.4 is 4.74 Å². The van der Waals surface area contributed by atoms with Crippen molar-refractivity contribution in [2.45, 2.75) is 32.0 Å². The number of benzene rings is 3. The Labute approximate surface area is 200 Å². The molecule has 2 aliphatic heterocycles. The number of aliphatic hydroxyl groups is 1. The number of hydrogen-bond acceptors (Lipinski definition) is 4. The summed E-state index contributed by atoms with van der Waals surface area (Å²) in [4.78, 5) is 27.9. The highest BCUT2D eigenvalue weighted by Gasteiger charge is 2.46. The van der Waals surface area contributed by atoms with Crippen LogP contribution >= 0.6 is 15.9 Å². The minimum absolute atomic E-state index is 0.0653. The Hall–Kier alpha value is -3.38. The number of carbonyl (C=O) groups is 2. The Kier molecular flexibility index (Phi) is 5.54. The van der Waals surface area contributed by atoms with E-state index in [0.29, 0.717) is 5.56 Å². The van der Waals surface area contributed by atoms with Gasteiger partial charge >= 0.3 is 0 Å². The molecule has 0 bridgehead atoms. The van der Waals surface area contributed by atoms with Crippen molar-refractivity contribution in [3.8, 4) is 5.75 Å². The normalized spacial score (nSPS) is 21.2. The molecular formula is C27H22BrNO4. The van der Waals surface area contributed by atoms with Gasteiger partial charge in [-0.1, -0.05) is 58.4 Å². The summed E-state index contributed by atoms with van der Waals surface area (Å²) >= 11 is 3.49. The fraction of sp³-hybridized carbons (Fsp3) is 0.185. The van der Waals surface area contributed by atoms with Gasteiger partial charge in [-0.2, -0.15) is 0 Å². The molecule has 1 fully saturated rings. The van der Waals surface area contributed by atoms with E-state index in [0.717, 1.165) is 33.3 Å². The van der Waals surface area contributed by atoms with Crippen LogP contribution in [0, 0.1) is 0 Å². The molecule has 33 heavy (non-hydrogen) atoms. The van der Waals surface area contributed by atoms with E-state index >= 15 is 0 Å². The molecule has 0 aliphatic carbocycles. The standard InChI is InChI=1S/C27H22BrNO4/c1-16-12-20-13-19(10-11-22(20)33-16)25(30)23-24(18-8-5-9-21(28)14-18)29(27(32)26(23)31)15-17-6-3-2-4-7-17/h2-11,13-14,16,24,30H,12,15H2,1H3/t16-,24+/m1/s1. The van der Waals surface area contributed by atoms with E-state index in [1.807, 2.05) is 73.7 Å². The third-order valence-corrected chi connectivity index (χ3v) is 6.56. The average molecular weight is 504 g/mol. The zero-order valence-corrected chi connectivity index (χ0v) is 19.6. The molecule has 1 amide bonds. The topological polar surface area (TPSA) is 66.8 Å². The number of hydrogen-bond donors (Lipinski definition) is 1. The van der Waals surface area contributed by atoms with Crippen molar-refractivity contribution in [1.82, 2.24) is 4.90 Å². The predicted octanol–water partition coefficient (Wildman–Crippen LogP) is 5.39. The van der Waals surface area contributed by atoms with E-state index < -0.39 is 17.7 Å². The van der Waals surface area contributed by atoms with E-state index in [2.05, 4.69) is 15.9 Å².